The molecule has 0 radical (unpaired) electrons. The van der Waals surface area contributed by atoms with E-state index in [-0.39, 0.29) is 0 Å². The van der Waals surface area contributed by atoms with Crippen LogP contribution in [0.3, 0.4) is 0 Å². The molecule has 2 aromatic rings. The van der Waals surface area contributed by atoms with E-state index in [0.717, 1.165) is 29.8 Å². The molecule has 0 fully saturated rings. The molecule has 0 spiro atoms. The molecule has 0 aliphatic rings. The molecule has 1 aromatic heterocycles. The van der Waals surface area contributed by atoms with E-state index >= 15 is 0 Å². The minimum atomic E-state index is 0.855. The number of hydrogen-bond acceptors (Lipinski definition) is 3. The quantitative estimate of drug-likeness (QED) is 0.858. The second kappa shape index (κ2) is 6.68. The number of aromatic nitrogens is 1. The van der Waals surface area contributed by atoms with E-state index in [2.05, 4.69) is 44.9 Å². The van der Waals surface area contributed by atoms with Crippen LogP contribution in [0, 0.1) is 0 Å². The van der Waals surface area contributed by atoms with E-state index in [1.807, 2.05) is 24.4 Å². The number of nitrogen functional groups attached to an aromatic ring is 1. The van der Waals surface area contributed by atoms with Crippen molar-refractivity contribution in [2.45, 2.75) is 20.0 Å². The van der Waals surface area contributed by atoms with Crippen LogP contribution in [0.4, 0.5) is 5.69 Å². The predicted molar refractivity (Wildman–Crippen MR) is 82.6 cm³/mol. The van der Waals surface area contributed by atoms with Crippen LogP contribution in [0.2, 0.25) is 0 Å². The average Bonchev–Trinajstić information content (AvgIpc) is 2.40. The molecule has 0 unspecified atom stereocenters. The molecule has 0 aliphatic heterocycles. The summed E-state index contributed by atoms with van der Waals surface area (Å²) >= 11 is 3.45. The molecule has 4 heteroatoms. The van der Waals surface area contributed by atoms with Crippen molar-refractivity contribution in [1.29, 1.82) is 0 Å². The predicted octanol–water partition coefficient (Wildman–Crippen LogP) is 3.45. The molecule has 100 valence electrons. The van der Waals surface area contributed by atoms with Crippen molar-refractivity contribution in [2.24, 2.45) is 0 Å². The Kier molecular flexibility index (Phi) is 4.93. The normalized spacial score (nSPS) is 10.9. The lowest BCUT2D eigenvalue weighted by Gasteiger charge is -2.21. The highest BCUT2D eigenvalue weighted by atomic mass is 79.9. The van der Waals surface area contributed by atoms with Crippen LogP contribution in [-0.4, -0.2) is 16.4 Å². The summed E-state index contributed by atoms with van der Waals surface area (Å²) in [5, 5.41) is 0. The smallest absolute Gasteiger partial charge is 0.0410 e. The summed E-state index contributed by atoms with van der Waals surface area (Å²) < 4.78 is 1.01. The number of para-hydroxylation sites is 1. The molecule has 0 aliphatic carbocycles. The molecule has 2 rings (SSSR count). The first-order chi connectivity index (χ1) is 9.19. The largest absolute Gasteiger partial charge is 0.398 e. The SMILES string of the molecule is CCN(Cc1cncc(Br)c1)Cc1ccccc1N. The van der Waals surface area contributed by atoms with Gasteiger partial charge in [-0.1, -0.05) is 25.1 Å². The van der Waals surface area contributed by atoms with Gasteiger partial charge in [-0.05, 0) is 45.7 Å². The summed E-state index contributed by atoms with van der Waals surface area (Å²) in [6.07, 6.45) is 3.71. The standard InChI is InChI=1S/C15H18BrN3/c1-2-19(10-12-7-14(16)9-18-8-12)11-13-5-3-4-6-15(13)17/h3-9H,2,10-11,17H2,1H3. The van der Waals surface area contributed by atoms with Gasteiger partial charge in [-0.2, -0.15) is 0 Å². The van der Waals surface area contributed by atoms with E-state index in [1.54, 1.807) is 6.20 Å². The van der Waals surface area contributed by atoms with Gasteiger partial charge in [-0.15, -0.1) is 0 Å². The molecule has 2 N–H and O–H groups in total. The lowest BCUT2D eigenvalue weighted by molar-refractivity contribution is 0.271. The Balaban J connectivity index is 2.07. The zero-order chi connectivity index (χ0) is 13.7. The Labute approximate surface area is 122 Å². The zero-order valence-electron chi connectivity index (χ0n) is 11.0. The first-order valence-electron chi connectivity index (χ1n) is 6.34. The fraction of sp³-hybridized carbons (Fsp3) is 0.267. The number of anilines is 1. The Hall–Kier alpha value is -1.39. The molecular formula is C15H18BrN3. The van der Waals surface area contributed by atoms with Gasteiger partial charge < -0.3 is 5.73 Å². The van der Waals surface area contributed by atoms with Gasteiger partial charge >= 0.3 is 0 Å². The van der Waals surface area contributed by atoms with Crippen molar-refractivity contribution < 1.29 is 0 Å². The molecular weight excluding hydrogens is 302 g/mol. The van der Waals surface area contributed by atoms with Gasteiger partial charge in [0.1, 0.15) is 0 Å². The summed E-state index contributed by atoms with van der Waals surface area (Å²) in [6, 6.07) is 10.1. The number of nitrogens with zero attached hydrogens (tertiary/aromatic N) is 2. The van der Waals surface area contributed by atoms with Crippen LogP contribution in [0.5, 0.6) is 0 Å². The number of halogens is 1. The maximum absolute atomic E-state index is 5.99. The number of hydrogen-bond donors (Lipinski definition) is 1. The molecule has 0 atom stereocenters. The summed E-state index contributed by atoms with van der Waals surface area (Å²) in [4.78, 5) is 6.54. The third-order valence-electron chi connectivity index (χ3n) is 3.06. The van der Waals surface area contributed by atoms with Crippen molar-refractivity contribution in [2.75, 3.05) is 12.3 Å². The van der Waals surface area contributed by atoms with Crippen molar-refractivity contribution >= 4 is 21.6 Å². The highest BCUT2D eigenvalue weighted by Crippen LogP contribution is 2.16. The second-order valence-electron chi connectivity index (χ2n) is 4.51. The Bertz CT molecular complexity index is 542. The number of nitrogens with two attached hydrogens (primary N) is 1. The minimum absolute atomic E-state index is 0.855. The van der Waals surface area contributed by atoms with Crippen LogP contribution in [-0.2, 0) is 13.1 Å². The van der Waals surface area contributed by atoms with E-state index in [1.165, 1.54) is 11.1 Å². The van der Waals surface area contributed by atoms with Crippen LogP contribution in [0.25, 0.3) is 0 Å². The van der Waals surface area contributed by atoms with Gasteiger partial charge in [0.25, 0.3) is 0 Å². The molecule has 0 saturated carbocycles. The number of pyridine rings is 1. The fourth-order valence-electron chi connectivity index (χ4n) is 2.00. The molecule has 1 heterocycles. The van der Waals surface area contributed by atoms with Gasteiger partial charge in [-0.25, -0.2) is 0 Å². The Morgan fingerprint density at radius 3 is 2.68 bits per heavy atom. The van der Waals surface area contributed by atoms with Crippen molar-refractivity contribution in [3.8, 4) is 0 Å². The van der Waals surface area contributed by atoms with Gasteiger partial charge in [0.15, 0.2) is 0 Å². The molecule has 0 amide bonds. The third-order valence-corrected chi connectivity index (χ3v) is 3.50. The van der Waals surface area contributed by atoms with Crippen molar-refractivity contribution in [3.05, 3.63) is 58.3 Å². The van der Waals surface area contributed by atoms with Crippen LogP contribution in [0.1, 0.15) is 18.1 Å². The molecule has 0 saturated heterocycles. The molecule has 3 nitrogen and oxygen atoms in total. The highest BCUT2D eigenvalue weighted by Gasteiger charge is 2.07. The lowest BCUT2D eigenvalue weighted by Crippen LogP contribution is -2.23. The molecule has 0 bridgehead atoms. The number of benzene rings is 1. The van der Waals surface area contributed by atoms with E-state index in [9.17, 15) is 0 Å². The van der Waals surface area contributed by atoms with Crippen LogP contribution < -0.4 is 5.73 Å². The maximum atomic E-state index is 5.99. The first kappa shape index (κ1) is 14.0. The fourth-order valence-corrected chi connectivity index (χ4v) is 2.41. The average molecular weight is 320 g/mol. The lowest BCUT2D eigenvalue weighted by atomic mass is 10.1. The minimum Gasteiger partial charge on any atom is -0.398 e. The van der Waals surface area contributed by atoms with Crippen LogP contribution >= 0.6 is 15.9 Å². The van der Waals surface area contributed by atoms with E-state index < -0.39 is 0 Å². The van der Waals surface area contributed by atoms with Gasteiger partial charge in [0.05, 0.1) is 0 Å². The van der Waals surface area contributed by atoms with Gasteiger partial charge in [0, 0.05) is 35.6 Å². The highest BCUT2D eigenvalue weighted by molar-refractivity contribution is 9.10. The van der Waals surface area contributed by atoms with E-state index in [4.69, 9.17) is 5.73 Å². The van der Waals surface area contributed by atoms with Gasteiger partial charge in [0.2, 0.25) is 0 Å². The zero-order valence-corrected chi connectivity index (χ0v) is 12.6. The third kappa shape index (κ3) is 4.04. The summed E-state index contributed by atoms with van der Waals surface area (Å²) in [7, 11) is 0. The Morgan fingerprint density at radius 1 is 1.21 bits per heavy atom. The monoisotopic (exact) mass is 319 g/mol. The maximum Gasteiger partial charge on any atom is 0.0410 e. The number of rotatable bonds is 5. The Morgan fingerprint density at radius 2 is 2.00 bits per heavy atom. The molecule has 19 heavy (non-hydrogen) atoms. The van der Waals surface area contributed by atoms with Crippen molar-refractivity contribution in [3.63, 3.8) is 0 Å². The summed E-state index contributed by atoms with van der Waals surface area (Å²) in [6.45, 7) is 4.86. The summed E-state index contributed by atoms with van der Waals surface area (Å²) in [5.41, 5.74) is 9.22. The topological polar surface area (TPSA) is 42.2 Å². The summed E-state index contributed by atoms with van der Waals surface area (Å²) in [5.74, 6) is 0. The van der Waals surface area contributed by atoms with Crippen LogP contribution in [0.15, 0.2) is 47.2 Å². The van der Waals surface area contributed by atoms with Crippen molar-refractivity contribution in [1.82, 2.24) is 9.88 Å². The first-order valence-corrected chi connectivity index (χ1v) is 7.13. The van der Waals surface area contributed by atoms with E-state index in [0.29, 0.717) is 0 Å². The molecule has 1 aromatic carbocycles. The van der Waals surface area contributed by atoms with Gasteiger partial charge in [-0.3, -0.25) is 9.88 Å². The second-order valence-corrected chi connectivity index (χ2v) is 5.43.